The maximum absolute atomic E-state index is 12.7. The van der Waals surface area contributed by atoms with Crippen molar-refractivity contribution in [1.82, 2.24) is 14.8 Å². The quantitative estimate of drug-likeness (QED) is 0.608. The van der Waals surface area contributed by atoms with E-state index in [2.05, 4.69) is 52.3 Å². The van der Waals surface area contributed by atoms with Gasteiger partial charge in [0.2, 0.25) is 0 Å². The minimum Gasteiger partial charge on any atom is -0.335 e. The molecule has 4 nitrogen and oxygen atoms in total. The summed E-state index contributed by atoms with van der Waals surface area (Å²) in [6, 6.07) is 18.0. The third-order valence-corrected chi connectivity index (χ3v) is 5.46. The van der Waals surface area contributed by atoms with Crippen molar-refractivity contribution < 1.29 is 4.79 Å². The first kappa shape index (κ1) is 18.2. The fourth-order valence-electron chi connectivity index (χ4n) is 3.50. The van der Waals surface area contributed by atoms with Crippen LogP contribution < -0.4 is 0 Å². The lowest BCUT2D eigenvalue weighted by Gasteiger charge is -2.34. The van der Waals surface area contributed by atoms with Crippen LogP contribution in [0, 0.1) is 0 Å². The minimum absolute atomic E-state index is 0.160. The molecule has 2 heterocycles. The van der Waals surface area contributed by atoms with Gasteiger partial charge in [-0.2, -0.15) is 0 Å². The van der Waals surface area contributed by atoms with E-state index in [1.165, 1.54) is 16.3 Å². The molecule has 0 saturated carbocycles. The molecule has 0 aliphatic carbocycles. The predicted molar refractivity (Wildman–Crippen MR) is 109 cm³/mol. The Kier molecular flexibility index (Phi) is 5.30. The molecular weight excluding hydrogens is 381 g/mol. The first-order valence-corrected chi connectivity index (χ1v) is 9.68. The Morgan fingerprint density at radius 2 is 1.67 bits per heavy atom. The van der Waals surface area contributed by atoms with Crippen LogP contribution in [-0.4, -0.2) is 46.9 Å². The first-order valence-electron chi connectivity index (χ1n) is 8.92. The highest BCUT2D eigenvalue weighted by atomic mass is 35.5. The molecule has 3 aromatic rings. The largest absolute Gasteiger partial charge is 0.335 e. The topological polar surface area (TPSA) is 36.4 Å². The number of fused-ring (bicyclic) bond motifs is 1. The zero-order valence-corrected chi connectivity index (χ0v) is 16.2. The van der Waals surface area contributed by atoms with E-state index in [4.69, 9.17) is 23.2 Å². The molecule has 6 heteroatoms. The van der Waals surface area contributed by atoms with Crippen LogP contribution in [0.2, 0.25) is 10.2 Å². The summed E-state index contributed by atoms with van der Waals surface area (Å²) in [6.45, 7) is 3.79. The van der Waals surface area contributed by atoms with Gasteiger partial charge in [0.05, 0.1) is 5.02 Å². The highest BCUT2D eigenvalue weighted by molar-refractivity contribution is 6.34. The molecule has 1 aliphatic heterocycles. The van der Waals surface area contributed by atoms with Gasteiger partial charge in [-0.05, 0) is 28.5 Å². The number of nitrogens with zero attached hydrogens (tertiary/aromatic N) is 3. The molecule has 1 aromatic heterocycles. The molecule has 0 atom stereocenters. The fourth-order valence-corrected chi connectivity index (χ4v) is 3.83. The second-order valence-electron chi connectivity index (χ2n) is 6.67. The van der Waals surface area contributed by atoms with E-state index < -0.39 is 0 Å². The lowest BCUT2D eigenvalue weighted by molar-refractivity contribution is 0.0623. The molecule has 0 bridgehead atoms. The molecule has 0 spiro atoms. The van der Waals surface area contributed by atoms with E-state index in [-0.39, 0.29) is 16.8 Å². The molecule has 1 fully saturated rings. The van der Waals surface area contributed by atoms with Crippen molar-refractivity contribution in [3.8, 4) is 0 Å². The molecule has 4 rings (SSSR count). The van der Waals surface area contributed by atoms with Crippen LogP contribution in [0.15, 0.2) is 54.6 Å². The van der Waals surface area contributed by atoms with Crippen LogP contribution in [0.3, 0.4) is 0 Å². The summed E-state index contributed by atoms with van der Waals surface area (Å²) in [5.74, 6) is -0.160. The Labute approximate surface area is 168 Å². The molecular formula is C21H19Cl2N3O. The van der Waals surface area contributed by atoms with E-state index in [1.807, 2.05) is 0 Å². The van der Waals surface area contributed by atoms with Crippen molar-refractivity contribution in [1.29, 1.82) is 0 Å². The Morgan fingerprint density at radius 1 is 0.926 bits per heavy atom. The Balaban J connectivity index is 1.43. The Bertz CT molecular complexity index is 979. The van der Waals surface area contributed by atoms with Crippen molar-refractivity contribution in [3.63, 3.8) is 0 Å². The SMILES string of the molecule is O=C(c1nc(Cl)ccc1Cl)N1CCN(Cc2cccc3ccccc23)CC1. The average molecular weight is 400 g/mol. The Morgan fingerprint density at radius 3 is 2.48 bits per heavy atom. The van der Waals surface area contributed by atoms with Crippen LogP contribution in [0.5, 0.6) is 0 Å². The third-order valence-electron chi connectivity index (χ3n) is 4.95. The normalized spacial score (nSPS) is 15.3. The van der Waals surface area contributed by atoms with Gasteiger partial charge >= 0.3 is 0 Å². The Hall–Kier alpha value is -2.14. The summed E-state index contributed by atoms with van der Waals surface area (Å²) in [5, 5.41) is 3.15. The van der Waals surface area contributed by atoms with E-state index in [0.717, 1.165) is 19.6 Å². The van der Waals surface area contributed by atoms with Crippen molar-refractivity contribution in [2.75, 3.05) is 26.2 Å². The lowest BCUT2D eigenvalue weighted by atomic mass is 10.0. The summed E-state index contributed by atoms with van der Waals surface area (Å²) < 4.78 is 0. The summed E-state index contributed by atoms with van der Waals surface area (Å²) in [6.07, 6.45) is 0. The van der Waals surface area contributed by atoms with Crippen molar-refractivity contribution >= 4 is 39.9 Å². The molecule has 2 aromatic carbocycles. The standard InChI is InChI=1S/C21H19Cl2N3O/c22-18-8-9-19(23)24-20(18)21(27)26-12-10-25(11-13-26)14-16-6-3-5-15-4-1-2-7-17(15)16/h1-9H,10-14H2. The average Bonchev–Trinajstić information content (AvgIpc) is 2.70. The van der Waals surface area contributed by atoms with Crippen LogP contribution in [0.4, 0.5) is 0 Å². The van der Waals surface area contributed by atoms with Crippen LogP contribution in [0.25, 0.3) is 10.8 Å². The van der Waals surface area contributed by atoms with Gasteiger partial charge in [-0.25, -0.2) is 4.98 Å². The number of piperazine rings is 1. The highest BCUT2D eigenvalue weighted by Gasteiger charge is 2.25. The molecule has 0 unspecified atom stereocenters. The first-order chi connectivity index (χ1) is 13.1. The van der Waals surface area contributed by atoms with Gasteiger partial charge in [0.15, 0.2) is 0 Å². The van der Waals surface area contributed by atoms with Crippen molar-refractivity contribution in [2.45, 2.75) is 6.54 Å². The van der Waals surface area contributed by atoms with Gasteiger partial charge in [0.1, 0.15) is 10.8 Å². The molecule has 0 N–H and O–H groups in total. The predicted octanol–water partition coefficient (Wildman–Crippen LogP) is 4.50. The number of pyridine rings is 1. The van der Waals surface area contributed by atoms with Gasteiger partial charge in [-0.1, -0.05) is 65.7 Å². The summed E-state index contributed by atoms with van der Waals surface area (Å²) >= 11 is 12.0. The summed E-state index contributed by atoms with van der Waals surface area (Å²) in [7, 11) is 0. The van der Waals surface area contributed by atoms with Gasteiger partial charge in [-0.15, -0.1) is 0 Å². The second-order valence-corrected chi connectivity index (χ2v) is 7.47. The minimum atomic E-state index is -0.160. The van der Waals surface area contributed by atoms with Crippen LogP contribution in [0.1, 0.15) is 16.1 Å². The van der Waals surface area contributed by atoms with Gasteiger partial charge in [0.25, 0.3) is 5.91 Å². The van der Waals surface area contributed by atoms with E-state index >= 15 is 0 Å². The molecule has 1 amide bonds. The number of hydrogen-bond donors (Lipinski definition) is 0. The zero-order chi connectivity index (χ0) is 18.8. The number of halogens is 2. The zero-order valence-electron chi connectivity index (χ0n) is 14.7. The van der Waals surface area contributed by atoms with Gasteiger partial charge in [0, 0.05) is 32.7 Å². The molecule has 138 valence electrons. The number of benzene rings is 2. The summed E-state index contributed by atoms with van der Waals surface area (Å²) in [5.41, 5.74) is 1.54. The van der Waals surface area contributed by atoms with E-state index in [1.54, 1.807) is 17.0 Å². The monoisotopic (exact) mass is 399 g/mol. The van der Waals surface area contributed by atoms with Crippen molar-refractivity contribution in [3.05, 3.63) is 76.0 Å². The van der Waals surface area contributed by atoms with Crippen LogP contribution >= 0.6 is 23.2 Å². The van der Waals surface area contributed by atoms with E-state index in [9.17, 15) is 4.79 Å². The molecule has 27 heavy (non-hydrogen) atoms. The molecule has 1 aliphatic rings. The third kappa shape index (κ3) is 3.93. The number of carbonyl (C=O) groups is 1. The number of carbonyl (C=O) groups excluding carboxylic acids is 1. The smallest absolute Gasteiger partial charge is 0.274 e. The lowest BCUT2D eigenvalue weighted by Crippen LogP contribution is -2.48. The molecule has 1 saturated heterocycles. The van der Waals surface area contributed by atoms with E-state index in [0.29, 0.717) is 18.1 Å². The summed E-state index contributed by atoms with van der Waals surface area (Å²) in [4.78, 5) is 21.0. The number of rotatable bonds is 3. The number of amides is 1. The van der Waals surface area contributed by atoms with Crippen molar-refractivity contribution in [2.24, 2.45) is 0 Å². The van der Waals surface area contributed by atoms with Crippen LogP contribution in [-0.2, 0) is 6.54 Å². The van der Waals surface area contributed by atoms with Gasteiger partial charge in [-0.3, -0.25) is 9.69 Å². The second kappa shape index (κ2) is 7.85. The number of hydrogen-bond acceptors (Lipinski definition) is 3. The fraction of sp³-hybridized carbons (Fsp3) is 0.238. The molecule has 0 radical (unpaired) electrons. The number of aromatic nitrogens is 1. The maximum Gasteiger partial charge on any atom is 0.274 e. The highest BCUT2D eigenvalue weighted by Crippen LogP contribution is 2.22. The maximum atomic E-state index is 12.7. The van der Waals surface area contributed by atoms with Gasteiger partial charge < -0.3 is 4.90 Å².